The second kappa shape index (κ2) is 6.22. The molecule has 19 heavy (non-hydrogen) atoms. The van der Waals surface area contributed by atoms with Gasteiger partial charge in [-0.1, -0.05) is 6.92 Å². The van der Waals surface area contributed by atoms with E-state index in [0.29, 0.717) is 0 Å². The summed E-state index contributed by atoms with van der Waals surface area (Å²) >= 11 is 0. The fourth-order valence-corrected chi connectivity index (χ4v) is 2.43. The van der Waals surface area contributed by atoms with Crippen LogP contribution in [0.5, 0.6) is 0 Å². The Morgan fingerprint density at radius 3 is 2.53 bits per heavy atom. The maximum atomic E-state index is 4.69. The molecule has 4 nitrogen and oxygen atoms in total. The summed E-state index contributed by atoms with van der Waals surface area (Å²) in [5.74, 6) is 3.84. The molecule has 1 fully saturated rings. The third-order valence-corrected chi connectivity index (χ3v) is 3.54. The van der Waals surface area contributed by atoms with E-state index in [2.05, 4.69) is 36.0 Å². The van der Waals surface area contributed by atoms with Gasteiger partial charge in [0.1, 0.15) is 17.5 Å². The molecule has 1 N–H and O–H groups in total. The lowest BCUT2D eigenvalue weighted by Crippen LogP contribution is -2.29. The molecule has 0 aromatic carbocycles. The highest BCUT2D eigenvalue weighted by Gasteiger charge is 2.26. The van der Waals surface area contributed by atoms with Crippen LogP contribution in [-0.2, 0) is 0 Å². The van der Waals surface area contributed by atoms with E-state index in [1.807, 2.05) is 6.92 Å². The highest BCUT2D eigenvalue weighted by atomic mass is 15.2. The lowest BCUT2D eigenvalue weighted by atomic mass is 10.2. The molecular formula is C15H26N4. The molecule has 2 rings (SSSR count). The molecule has 0 amide bonds. The summed E-state index contributed by atoms with van der Waals surface area (Å²) in [7, 11) is 0. The zero-order chi connectivity index (χ0) is 13.8. The molecule has 0 unspecified atom stereocenters. The van der Waals surface area contributed by atoms with Crippen molar-refractivity contribution < 1.29 is 0 Å². The highest BCUT2D eigenvalue weighted by Crippen LogP contribution is 2.32. The first-order valence-electron chi connectivity index (χ1n) is 7.49. The van der Waals surface area contributed by atoms with Crippen LogP contribution >= 0.6 is 0 Å². The Hall–Kier alpha value is -1.32. The molecule has 0 atom stereocenters. The van der Waals surface area contributed by atoms with Gasteiger partial charge < -0.3 is 10.2 Å². The normalized spacial score (nSPS) is 14.5. The van der Waals surface area contributed by atoms with Crippen molar-refractivity contribution in [2.75, 3.05) is 29.9 Å². The van der Waals surface area contributed by atoms with Crippen molar-refractivity contribution in [3.05, 3.63) is 11.4 Å². The lowest BCUT2D eigenvalue weighted by Gasteiger charge is -2.26. The number of nitrogens with zero attached hydrogens (tertiary/aromatic N) is 3. The summed E-state index contributed by atoms with van der Waals surface area (Å²) < 4.78 is 0. The molecule has 0 bridgehead atoms. The van der Waals surface area contributed by atoms with E-state index < -0.39 is 0 Å². The average molecular weight is 262 g/mol. The first-order chi connectivity index (χ1) is 9.15. The van der Waals surface area contributed by atoms with Crippen molar-refractivity contribution in [1.29, 1.82) is 0 Å². The zero-order valence-electron chi connectivity index (χ0n) is 12.7. The molecule has 1 heterocycles. The third-order valence-electron chi connectivity index (χ3n) is 3.54. The molecule has 0 aliphatic heterocycles. The van der Waals surface area contributed by atoms with Gasteiger partial charge in [-0.05, 0) is 46.0 Å². The molecule has 1 aromatic rings. The van der Waals surface area contributed by atoms with Crippen LogP contribution in [0.15, 0.2) is 0 Å². The van der Waals surface area contributed by atoms with Crippen LogP contribution < -0.4 is 10.2 Å². The van der Waals surface area contributed by atoms with Gasteiger partial charge in [0.15, 0.2) is 0 Å². The van der Waals surface area contributed by atoms with Crippen LogP contribution in [0.2, 0.25) is 0 Å². The van der Waals surface area contributed by atoms with Gasteiger partial charge in [0, 0.05) is 25.2 Å². The van der Waals surface area contributed by atoms with Crippen LogP contribution in [0.25, 0.3) is 0 Å². The monoisotopic (exact) mass is 262 g/mol. The Kier molecular flexibility index (Phi) is 4.61. The Labute approximate surface area is 116 Å². The largest absolute Gasteiger partial charge is 0.370 e. The van der Waals surface area contributed by atoms with Gasteiger partial charge >= 0.3 is 0 Å². The van der Waals surface area contributed by atoms with E-state index >= 15 is 0 Å². The SMILES string of the molecule is CCCN(CC1CC1)c1nc(C)nc(NCC)c1C. The number of rotatable bonds is 7. The number of nitrogens with one attached hydrogen (secondary N) is 1. The number of hydrogen-bond donors (Lipinski definition) is 1. The fraction of sp³-hybridized carbons (Fsp3) is 0.733. The summed E-state index contributed by atoms with van der Waals surface area (Å²) in [4.78, 5) is 11.6. The average Bonchev–Trinajstić information content (AvgIpc) is 3.17. The van der Waals surface area contributed by atoms with E-state index in [1.54, 1.807) is 0 Å². The van der Waals surface area contributed by atoms with Crippen molar-refractivity contribution in [2.24, 2.45) is 5.92 Å². The predicted octanol–water partition coefficient (Wildman–Crippen LogP) is 3.15. The van der Waals surface area contributed by atoms with Gasteiger partial charge in [0.2, 0.25) is 0 Å². The Balaban J connectivity index is 2.27. The summed E-state index contributed by atoms with van der Waals surface area (Å²) in [6.45, 7) is 11.6. The molecule has 1 aromatic heterocycles. The summed E-state index contributed by atoms with van der Waals surface area (Å²) in [6.07, 6.45) is 3.92. The van der Waals surface area contributed by atoms with Gasteiger partial charge in [0.05, 0.1) is 0 Å². The van der Waals surface area contributed by atoms with E-state index in [9.17, 15) is 0 Å². The first kappa shape index (κ1) is 14.1. The molecule has 1 aliphatic carbocycles. The molecular weight excluding hydrogens is 236 g/mol. The van der Waals surface area contributed by atoms with Gasteiger partial charge in [-0.2, -0.15) is 0 Å². The second-order valence-corrected chi connectivity index (χ2v) is 5.49. The molecule has 1 saturated carbocycles. The van der Waals surface area contributed by atoms with Crippen molar-refractivity contribution in [3.8, 4) is 0 Å². The maximum Gasteiger partial charge on any atom is 0.137 e. The molecule has 4 heteroatoms. The molecule has 0 spiro atoms. The van der Waals surface area contributed by atoms with Crippen molar-refractivity contribution in [2.45, 2.75) is 47.0 Å². The van der Waals surface area contributed by atoms with Crippen LogP contribution in [0, 0.1) is 19.8 Å². The number of aryl methyl sites for hydroxylation is 1. The van der Waals surface area contributed by atoms with E-state index in [1.165, 1.54) is 18.4 Å². The van der Waals surface area contributed by atoms with Gasteiger partial charge in [0.25, 0.3) is 0 Å². The third kappa shape index (κ3) is 3.58. The van der Waals surface area contributed by atoms with Crippen LogP contribution in [0.4, 0.5) is 11.6 Å². The Bertz CT molecular complexity index is 426. The Morgan fingerprint density at radius 2 is 1.95 bits per heavy atom. The molecule has 0 radical (unpaired) electrons. The minimum absolute atomic E-state index is 0.855. The predicted molar refractivity (Wildman–Crippen MR) is 80.9 cm³/mol. The molecule has 106 valence electrons. The van der Waals surface area contributed by atoms with Crippen LogP contribution in [0.3, 0.4) is 0 Å². The smallest absolute Gasteiger partial charge is 0.137 e. The number of anilines is 2. The number of aromatic nitrogens is 2. The van der Waals surface area contributed by atoms with Gasteiger partial charge in [-0.3, -0.25) is 0 Å². The summed E-state index contributed by atoms with van der Waals surface area (Å²) in [5.41, 5.74) is 1.18. The Morgan fingerprint density at radius 1 is 1.21 bits per heavy atom. The maximum absolute atomic E-state index is 4.69. The summed E-state index contributed by atoms with van der Waals surface area (Å²) in [6, 6.07) is 0. The van der Waals surface area contributed by atoms with Gasteiger partial charge in [-0.25, -0.2) is 9.97 Å². The minimum Gasteiger partial charge on any atom is -0.370 e. The summed E-state index contributed by atoms with van der Waals surface area (Å²) in [5, 5.41) is 3.35. The fourth-order valence-electron chi connectivity index (χ4n) is 2.43. The van der Waals surface area contributed by atoms with Crippen LogP contribution in [0.1, 0.15) is 44.5 Å². The van der Waals surface area contributed by atoms with Crippen molar-refractivity contribution in [3.63, 3.8) is 0 Å². The van der Waals surface area contributed by atoms with E-state index in [4.69, 9.17) is 4.98 Å². The van der Waals surface area contributed by atoms with E-state index in [-0.39, 0.29) is 0 Å². The lowest BCUT2D eigenvalue weighted by molar-refractivity contribution is 0.694. The van der Waals surface area contributed by atoms with Crippen molar-refractivity contribution >= 4 is 11.6 Å². The molecule has 1 aliphatic rings. The number of hydrogen-bond acceptors (Lipinski definition) is 4. The topological polar surface area (TPSA) is 41.1 Å². The standard InChI is InChI=1S/C15H26N4/c1-5-9-19(10-13-7-8-13)15-11(3)14(16-6-2)17-12(4)18-15/h13H,5-10H2,1-4H3,(H,16,17,18). The highest BCUT2D eigenvalue weighted by molar-refractivity contribution is 5.58. The quantitative estimate of drug-likeness (QED) is 0.819. The van der Waals surface area contributed by atoms with Crippen molar-refractivity contribution in [1.82, 2.24) is 9.97 Å². The first-order valence-corrected chi connectivity index (χ1v) is 7.49. The minimum atomic E-state index is 0.855. The van der Waals surface area contributed by atoms with E-state index in [0.717, 1.165) is 49.4 Å². The van der Waals surface area contributed by atoms with Crippen LogP contribution in [-0.4, -0.2) is 29.6 Å². The van der Waals surface area contributed by atoms with Gasteiger partial charge in [-0.15, -0.1) is 0 Å². The molecule has 0 saturated heterocycles. The second-order valence-electron chi connectivity index (χ2n) is 5.49. The zero-order valence-corrected chi connectivity index (χ0v) is 12.7.